The van der Waals surface area contributed by atoms with Gasteiger partial charge in [0.05, 0.1) is 10.5 Å². The van der Waals surface area contributed by atoms with E-state index in [1.165, 1.54) is 18.2 Å². The quantitative estimate of drug-likeness (QED) is 0.325. The number of esters is 1. The van der Waals surface area contributed by atoms with Gasteiger partial charge < -0.3 is 4.74 Å². The molecule has 2 amide bonds. The number of halogens is 2. The lowest BCUT2D eigenvalue weighted by Gasteiger charge is -2.13. The molecule has 1 heterocycles. The van der Waals surface area contributed by atoms with E-state index in [9.17, 15) is 24.5 Å². The highest BCUT2D eigenvalue weighted by molar-refractivity contribution is 6.35. The molecule has 0 unspecified atom stereocenters. The van der Waals surface area contributed by atoms with Crippen molar-refractivity contribution in [1.82, 2.24) is 4.90 Å². The fourth-order valence-corrected chi connectivity index (χ4v) is 3.05. The van der Waals surface area contributed by atoms with Crippen LogP contribution >= 0.6 is 23.2 Å². The molecular formula is C17H10Cl2N2O6. The zero-order valence-corrected chi connectivity index (χ0v) is 15.0. The van der Waals surface area contributed by atoms with Crippen LogP contribution in [0.1, 0.15) is 26.3 Å². The molecule has 10 heteroatoms. The summed E-state index contributed by atoms with van der Waals surface area (Å²) in [7, 11) is 0. The first-order chi connectivity index (χ1) is 12.8. The van der Waals surface area contributed by atoms with Crippen molar-refractivity contribution in [3.63, 3.8) is 0 Å². The van der Waals surface area contributed by atoms with Crippen molar-refractivity contribution >= 4 is 46.7 Å². The summed E-state index contributed by atoms with van der Waals surface area (Å²) < 4.78 is 5.04. The van der Waals surface area contributed by atoms with Crippen LogP contribution in [-0.4, -0.2) is 34.2 Å². The van der Waals surface area contributed by atoms with Crippen molar-refractivity contribution in [1.29, 1.82) is 0 Å². The lowest BCUT2D eigenvalue weighted by Crippen LogP contribution is -2.35. The molecule has 0 bridgehead atoms. The average molecular weight is 409 g/mol. The molecule has 138 valence electrons. The predicted octanol–water partition coefficient (Wildman–Crippen LogP) is 3.24. The Morgan fingerprint density at radius 2 is 1.89 bits per heavy atom. The number of amides is 2. The Balaban J connectivity index is 1.72. The Morgan fingerprint density at radius 1 is 1.15 bits per heavy atom. The Kier molecular flexibility index (Phi) is 5.11. The second-order valence-electron chi connectivity index (χ2n) is 5.55. The number of imide groups is 1. The molecule has 0 atom stereocenters. The standard InChI is InChI=1S/C17H10Cl2N2O6/c18-10-5-4-9(12(19)6-10)8-27-14(22)7-20-16(23)11-2-1-3-13(21(25)26)15(11)17(20)24/h1-6H,7-8H2. The molecule has 0 spiro atoms. The minimum Gasteiger partial charge on any atom is -0.459 e. The van der Waals surface area contributed by atoms with Crippen LogP contribution in [0.5, 0.6) is 0 Å². The maximum atomic E-state index is 12.4. The van der Waals surface area contributed by atoms with Gasteiger partial charge in [0, 0.05) is 21.7 Å². The topological polar surface area (TPSA) is 107 Å². The van der Waals surface area contributed by atoms with E-state index in [0.717, 1.165) is 6.07 Å². The van der Waals surface area contributed by atoms with Crippen LogP contribution in [0, 0.1) is 10.1 Å². The summed E-state index contributed by atoms with van der Waals surface area (Å²) in [4.78, 5) is 47.7. The summed E-state index contributed by atoms with van der Waals surface area (Å²) in [5.41, 5.74) is -0.453. The van der Waals surface area contributed by atoms with Crippen LogP contribution in [0.25, 0.3) is 0 Å². The second kappa shape index (κ2) is 7.34. The van der Waals surface area contributed by atoms with Gasteiger partial charge in [-0.1, -0.05) is 35.3 Å². The molecule has 1 aliphatic rings. The third-order valence-electron chi connectivity index (χ3n) is 3.86. The Morgan fingerprint density at radius 3 is 2.56 bits per heavy atom. The molecule has 0 fully saturated rings. The molecule has 1 aliphatic heterocycles. The van der Waals surface area contributed by atoms with E-state index < -0.39 is 34.9 Å². The van der Waals surface area contributed by atoms with Crippen molar-refractivity contribution in [3.05, 3.63) is 73.2 Å². The number of nitro benzene ring substituents is 1. The first-order valence-electron chi connectivity index (χ1n) is 7.52. The van der Waals surface area contributed by atoms with E-state index in [1.807, 2.05) is 0 Å². The monoisotopic (exact) mass is 408 g/mol. The molecule has 0 aliphatic carbocycles. The lowest BCUT2D eigenvalue weighted by molar-refractivity contribution is -0.385. The van der Waals surface area contributed by atoms with Crippen molar-refractivity contribution in [2.75, 3.05) is 6.54 Å². The van der Waals surface area contributed by atoms with Gasteiger partial charge in [0.1, 0.15) is 18.7 Å². The number of ether oxygens (including phenoxy) is 1. The minimum absolute atomic E-state index is 0.122. The van der Waals surface area contributed by atoms with Gasteiger partial charge in [0.15, 0.2) is 0 Å². The van der Waals surface area contributed by atoms with E-state index in [0.29, 0.717) is 20.5 Å². The van der Waals surface area contributed by atoms with Crippen molar-refractivity contribution in [2.24, 2.45) is 0 Å². The third-order valence-corrected chi connectivity index (χ3v) is 4.45. The fraction of sp³-hybridized carbons (Fsp3) is 0.118. The van der Waals surface area contributed by atoms with Gasteiger partial charge in [-0.05, 0) is 18.2 Å². The smallest absolute Gasteiger partial charge is 0.326 e. The Hall–Kier alpha value is -2.97. The van der Waals surface area contributed by atoms with Crippen LogP contribution in [-0.2, 0) is 16.1 Å². The molecule has 27 heavy (non-hydrogen) atoms. The van der Waals surface area contributed by atoms with Crippen molar-refractivity contribution < 1.29 is 24.0 Å². The molecule has 0 saturated heterocycles. The van der Waals surface area contributed by atoms with Crippen LogP contribution in [0.15, 0.2) is 36.4 Å². The molecular weight excluding hydrogens is 399 g/mol. The Bertz CT molecular complexity index is 991. The SMILES string of the molecule is O=C(CN1C(=O)c2cccc([N+](=O)[O-])c2C1=O)OCc1ccc(Cl)cc1Cl. The third kappa shape index (κ3) is 3.62. The number of carbonyl (C=O) groups is 3. The highest BCUT2D eigenvalue weighted by atomic mass is 35.5. The summed E-state index contributed by atoms with van der Waals surface area (Å²) in [6.45, 7) is -0.854. The van der Waals surface area contributed by atoms with Crippen LogP contribution in [0.4, 0.5) is 5.69 Å². The number of nitrogens with zero attached hydrogens (tertiary/aromatic N) is 2. The first-order valence-corrected chi connectivity index (χ1v) is 8.28. The van der Waals surface area contributed by atoms with Gasteiger partial charge in [-0.25, -0.2) is 0 Å². The van der Waals surface area contributed by atoms with Crippen LogP contribution in [0.2, 0.25) is 10.0 Å². The van der Waals surface area contributed by atoms with E-state index in [4.69, 9.17) is 27.9 Å². The molecule has 0 radical (unpaired) electrons. The molecule has 2 aromatic rings. The summed E-state index contributed by atoms with van der Waals surface area (Å²) in [6.07, 6.45) is 0. The number of carbonyl (C=O) groups excluding carboxylic acids is 3. The van der Waals surface area contributed by atoms with Crippen molar-refractivity contribution in [2.45, 2.75) is 6.61 Å². The van der Waals surface area contributed by atoms with E-state index in [-0.39, 0.29) is 17.7 Å². The van der Waals surface area contributed by atoms with E-state index in [1.54, 1.807) is 12.1 Å². The molecule has 0 saturated carbocycles. The van der Waals surface area contributed by atoms with Gasteiger partial charge in [0.2, 0.25) is 0 Å². The van der Waals surface area contributed by atoms with Gasteiger partial charge in [-0.3, -0.25) is 29.4 Å². The zero-order chi connectivity index (χ0) is 19.7. The number of rotatable bonds is 5. The summed E-state index contributed by atoms with van der Waals surface area (Å²) in [6, 6.07) is 8.33. The number of hydrogen-bond acceptors (Lipinski definition) is 6. The summed E-state index contributed by atoms with van der Waals surface area (Å²) in [5.74, 6) is -2.57. The summed E-state index contributed by atoms with van der Waals surface area (Å²) in [5, 5.41) is 11.8. The predicted molar refractivity (Wildman–Crippen MR) is 94.7 cm³/mol. The maximum absolute atomic E-state index is 12.4. The minimum atomic E-state index is -0.913. The zero-order valence-electron chi connectivity index (χ0n) is 13.5. The first kappa shape index (κ1) is 18.8. The average Bonchev–Trinajstić information content (AvgIpc) is 2.86. The number of nitro groups is 1. The Labute approximate surface area is 162 Å². The molecule has 8 nitrogen and oxygen atoms in total. The van der Waals surface area contributed by atoms with E-state index >= 15 is 0 Å². The molecule has 0 aromatic heterocycles. The van der Waals surface area contributed by atoms with E-state index in [2.05, 4.69) is 0 Å². The van der Waals surface area contributed by atoms with Gasteiger partial charge >= 0.3 is 5.97 Å². The van der Waals surface area contributed by atoms with Crippen molar-refractivity contribution in [3.8, 4) is 0 Å². The number of hydrogen-bond donors (Lipinski definition) is 0. The van der Waals surface area contributed by atoms with Gasteiger partial charge in [-0.15, -0.1) is 0 Å². The molecule has 0 N–H and O–H groups in total. The van der Waals surface area contributed by atoms with Gasteiger partial charge in [-0.2, -0.15) is 0 Å². The normalized spacial score (nSPS) is 12.9. The lowest BCUT2D eigenvalue weighted by atomic mass is 10.1. The molecule has 3 rings (SSSR count). The number of fused-ring (bicyclic) bond motifs is 1. The second-order valence-corrected chi connectivity index (χ2v) is 6.39. The highest BCUT2D eigenvalue weighted by Crippen LogP contribution is 2.30. The van der Waals surface area contributed by atoms with Gasteiger partial charge in [0.25, 0.3) is 17.5 Å². The van der Waals surface area contributed by atoms with Crippen LogP contribution < -0.4 is 0 Å². The number of benzene rings is 2. The van der Waals surface area contributed by atoms with Crippen LogP contribution in [0.3, 0.4) is 0 Å². The fourth-order valence-electron chi connectivity index (χ4n) is 2.58. The largest absolute Gasteiger partial charge is 0.459 e. The highest BCUT2D eigenvalue weighted by Gasteiger charge is 2.41. The maximum Gasteiger partial charge on any atom is 0.326 e. The summed E-state index contributed by atoms with van der Waals surface area (Å²) >= 11 is 11.8. The molecule has 2 aromatic carbocycles.